The van der Waals surface area contributed by atoms with E-state index in [4.69, 9.17) is 4.74 Å². The van der Waals surface area contributed by atoms with Crippen molar-refractivity contribution in [3.05, 3.63) is 59.2 Å². The maximum absolute atomic E-state index is 12.7. The Bertz CT molecular complexity index is 878. The smallest absolute Gasteiger partial charge is 0.309 e. The van der Waals surface area contributed by atoms with Crippen molar-refractivity contribution in [2.75, 3.05) is 18.2 Å². The molecule has 0 aromatic heterocycles. The summed E-state index contributed by atoms with van der Waals surface area (Å²) >= 11 is 0. The molecule has 1 N–H and O–H groups in total. The van der Waals surface area contributed by atoms with Gasteiger partial charge in [0.25, 0.3) is 5.91 Å². The van der Waals surface area contributed by atoms with E-state index in [9.17, 15) is 13.8 Å². The first-order valence-corrected chi connectivity index (χ1v) is 10.1. The molecule has 0 radical (unpaired) electrons. The summed E-state index contributed by atoms with van der Waals surface area (Å²) in [6, 6.07) is 12.5. The molecule has 3 rings (SSSR count). The predicted octanol–water partition coefficient (Wildman–Crippen LogP) is 2.95. The molecule has 0 saturated heterocycles. The molecular weight excluding hydrogens is 350 g/mol. The van der Waals surface area contributed by atoms with Gasteiger partial charge in [-0.05, 0) is 49.1 Å². The molecule has 0 aliphatic heterocycles. The minimum atomic E-state index is -1.25. The first-order valence-electron chi connectivity index (χ1n) is 8.52. The van der Waals surface area contributed by atoms with Crippen LogP contribution in [0.2, 0.25) is 0 Å². The summed E-state index contributed by atoms with van der Waals surface area (Å²) in [5.74, 6) is -0.713. The highest BCUT2D eigenvalue weighted by Gasteiger charge is 2.30. The lowest BCUT2D eigenvalue weighted by molar-refractivity contribution is -0.147. The third kappa shape index (κ3) is 3.70. The Labute approximate surface area is 155 Å². The fraction of sp³-hybridized carbons (Fsp3) is 0.300. The fourth-order valence-corrected chi connectivity index (χ4v) is 4.03. The molecule has 0 fully saturated rings. The Balaban J connectivity index is 1.84. The maximum atomic E-state index is 12.7. The number of hydrogen-bond donors (Lipinski definition) is 1. The van der Waals surface area contributed by atoms with E-state index in [0.717, 1.165) is 11.1 Å². The third-order valence-corrected chi connectivity index (χ3v) is 5.47. The van der Waals surface area contributed by atoms with E-state index in [2.05, 4.69) is 5.32 Å². The number of carbonyl (C=O) groups excluding carboxylic acids is 2. The van der Waals surface area contributed by atoms with Crippen molar-refractivity contribution in [3.63, 3.8) is 0 Å². The van der Waals surface area contributed by atoms with Crippen LogP contribution in [-0.2, 0) is 33.2 Å². The highest BCUT2D eigenvalue weighted by atomic mass is 32.2. The minimum absolute atomic E-state index is 0.201. The molecule has 1 amide bonds. The van der Waals surface area contributed by atoms with Gasteiger partial charge in [-0.25, -0.2) is 0 Å². The molecule has 0 spiro atoms. The number of benzene rings is 2. The van der Waals surface area contributed by atoms with Gasteiger partial charge in [0, 0.05) is 11.9 Å². The van der Waals surface area contributed by atoms with Gasteiger partial charge in [0.2, 0.25) is 0 Å². The normalized spacial score (nSPS) is 16.6. The van der Waals surface area contributed by atoms with Crippen LogP contribution in [0.25, 0.3) is 0 Å². The number of esters is 1. The molecule has 136 valence electrons. The van der Waals surface area contributed by atoms with Gasteiger partial charge in [0.1, 0.15) is 0 Å². The minimum Gasteiger partial charge on any atom is -0.466 e. The molecule has 1 unspecified atom stereocenters. The monoisotopic (exact) mass is 371 g/mol. The van der Waals surface area contributed by atoms with Gasteiger partial charge < -0.3 is 10.1 Å². The van der Waals surface area contributed by atoms with Gasteiger partial charge in [0.05, 0.1) is 33.8 Å². The molecule has 5 nitrogen and oxygen atoms in total. The summed E-state index contributed by atoms with van der Waals surface area (Å²) in [5, 5.41) is 2.92. The van der Waals surface area contributed by atoms with E-state index in [1.807, 2.05) is 18.2 Å². The van der Waals surface area contributed by atoms with Gasteiger partial charge >= 0.3 is 5.97 Å². The molecule has 1 aliphatic rings. The Hall–Kier alpha value is -2.47. The summed E-state index contributed by atoms with van der Waals surface area (Å²) in [7, 11) is -1.25. The van der Waals surface area contributed by atoms with Gasteiger partial charge in [0.15, 0.2) is 0 Å². The largest absolute Gasteiger partial charge is 0.466 e. The van der Waals surface area contributed by atoms with Crippen molar-refractivity contribution in [1.82, 2.24) is 0 Å². The standard InChI is InChI=1S/C20H21NO4S/c1-3-25-20(23)14-11-13-7-6-9-17(16(13)12-14)21-19(22)15-8-4-5-10-18(15)26(2)24/h4-10,14H,3,11-12H2,1-2H3,(H,21,22)/t14-,26?/m1/s1. The molecule has 6 heteroatoms. The highest BCUT2D eigenvalue weighted by molar-refractivity contribution is 7.84. The third-order valence-electron chi connectivity index (χ3n) is 4.50. The highest BCUT2D eigenvalue weighted by Crippen LogP contribution is 2.33. The summed E-state index contributed by atoms with van der Waals surface area (Å²) in [4.78, 5) is 25.3. The van der Waals surface area contributed by atoms with Crippen LogP contribution in [0.1, 0.15) is 28.4 Å². The Kier molecular flexibility index (Phi) is 5.52. The lowest BCUT2D eigenvalue weighted by Gasteiger charge is -2.12. The van der Waals surface area contributed by atoms with Crippen LogP contribution in [0.4, 0.5) is 5.69 Å². The van der Waals surface area contributed by atoms with Gasteiger partial charge in [-0.3, -0.25) is 13.8 Å². The van der Waals surface area contributed by atoms with E-state index < -0.39 is 10.8 Å². The first-order chi connectivity index (χ1) is 12.5. The Morgan fingerprint density at radius 2 is 1.92 bits per heavy atom. The number of carbonyl (C=O) groups is 2. The number of rotatable bonds is 5. The van der Waals surface area contributed by atoms with Crippen molar-refractivity contribution in [2.45, 2.75) is 24.7 Å². The molecule has 2 atom stereocenters. The first kappa shape index (κ1) is 18.3. The molecule has 26 heavy (non-hydrogen) atoms. The fourth-order valence-electron chi connectivity index (χ4n) is 3.29. The van der Waals surface area contributed by atoms with Gasteiger partial charge in [-0.15, -0.1) is 0 Å². The van der Waals surface area contributed by atoms with E-state index in [1.54, 1.807) is 37.4 Å². The van der Waals surface area contributed by atoms with Crippen LogP contribution in [0.5, 0.6) is 0 Å². The van der Waals surface area contributed by atoms with Crippen LogP contribution >= 0.6 is 0 Å². The van der Waals surface area contributed by atoms with Crippen LogP contribution in [0, 0.1) is 5.92 Å². The second-order valence-electron chi connectivity index (χ2n) is 6.20. The van der Waals surface area contributed by atoms with E-state index >= 15 is 0 Å². The van der Waals surface area contributed by atoms with E-state index in [0.29, 0.717) is 35.6 Å². The second-order valence-corrected chi connectivity index (χ2v) is 7.55. The molecular formula is C20H21NO4S. The molecule has 0 bridgehead atoms. The number of amides is 1. The van der Waals surface area contributed by atoms with Crippen LogP contribution < -0.4 is 5.32 Å². The van der Waals surface area contributed by atoms with Crippen molar-refractivity contribution in [3.8, 4) is 0 Å². The lowest BCUT2D eigenvalue weighted by Crippen LogP contribution is -2.18. The molecule has 2 aromatic carbocycles. The predicted molar refractivity (Wildman–Crippen MR) is 101 cm³/mol. The number of ether oxygens (including phenoxy) is 1. The van der Waals surface area contributed by atoms with Gasteiger partial charge in [-0.1, -0.05) is 24.3 Å². The molecule has 0 saturated carbocycles. The summed E-state index contributed by atoms with van der Waals surface area (Å²) < 4.78 is 17.0. The van der Waals surface area contributed by atoms with Gasteiger partial charge in [-0.2, -0.15) is 0 Å². The second kappa shape index (κ2) is 7.83. The summed E-state index contributed by atoms with van der Waals surface area (Å²) in [5.41, 5.74) is 3.10. The van der Waals surface area contributed by atoms with Crippen molar-refractivity contribution in [2.24, 2.45) is 5.92 Å². The van der Waals surface area contributed by atoms with Crippen LogP contribution in [0.3, 0.4) is 0 Å². The maximum Gasteiger partial charge on any atom is 0.309 e. The van der Waals surface area contributed by atoms with Crippen molar-refractivity contribution in [1.29, 1.82) is 0 Å². The van der Waals surface area contributed by atoms with Crippen molar-refractivity contribution >= 4 is 28.4 Å². The number of anilines is 1. The van der Waals surface area contributed by atoms with Crippen molar-refractivity contribution < 1.29 is 18.5 Å². The lowest BCUT2D eigenvalue weighted by atomic mass is 10.1. The Morgan fingerprint density at radius 3 is 2.65 bits per heavy atom. The topological polar surface area (TPSA) is 72.5 Å². The quantitative estimate of drug-likeness (QED) is 0.820. The molecule has 1 aliphatic carbocycles. The average molecular weight is 371 g/mol. The zero-order valence-corrected chi connectivity index (χ0v) is 15.6. The van der Waals surface area contributed by atoms with Crippen LogP contribution in [0.15, 0.2) is 47.4 Å². The summed E-state index contributed by atoms with van der Waals surface area (Å²) in [6.07, 6.45) is 2.72. The molecule has 2 aromatic rings. The zero-order chi connectivity index (χ0) is 18.7. The number of hydrogen-bond acceptors (Lipinski definition) is 4. The number of nitrogens with one attached hydrogen (secondary N) is 1. The SMILES string of the molecule is CCOC(=O)[C@@H]1Cc2cccc(NC(=O)c3ccccc3S(C)=O)c2C1. The van der Waals surface area contributed by atoms with E-state index in [-0.39, 0.29) is 17.8 Å². The van der Waals surface area contributed by atoms with Crippen LogP contribution in [-0.4, -0.2) is 28.9 Å². The zero-order valence-electron chi connectivity index (χ0n) is 14.8. The Morgan fingerprint density at radius 1 is 1.15 bits per heavy atom. The van der Waals surface area contributed by atoms with E-state index in [1.165, 1.54) is 0 Å². The number of fused-ring (bicyclic) bond motifs is 1. The average Bonchev–Trinajstić information content (AvgIpc) is 3.07. The molecule has 0 heterocycles. The summed E-state index contributed by atoms with van der Waals surface area (Å²) in [6.45, 7) is 2.15.